The summed E-state index contributed by atoms with van der Waals surface area (Å²) in [7, 11) is 1.56. The highest BCUT2D eigenvalue weighted by Crippen LogP contribution is 2.43. The lowest BCUT2D eigenvalue weighted by Gasteiger charge is -2.38. The van der Waals surface area contributed by atoms with Crippen LogP contribution in [0.1, 0.15) is 34.2 Å². The van der Waals surface area contributed by atoms with E-state index in [1.807, 2.05) is 84.9 Å². The number of carboxylic acid groups (broad SMARTS) is 1. The number of carbonyl (C=O) groups is 4. The lowest BCUT2D eigenvalue weighted by molar-refractivity contribution is -0.144. The van der Waals surface area contributed by atoms with Gasteiger partial charge in [-0.05, 0) is 42.7 Å². The molecule has 318 valence electrons. The molecule has 2 aromatic heterocycles. The van der Waals surface area contributed by atoms with Crippen LogP contribution in [0.4, 0.5) is 0 Å². The van der Waals surface area contributed by atoms with Gasteiger partial charge in [0.2, 0.25) is 17.7 Å². The third-order valence-corrected chi connectivity index (χ3v) is 10.4. The lowest BCUT2D eigenvalue weighted by atomic mass is 9.79. The number of rotatable bonds is 16. The maximum Gasteiger partial charge on any atom is 0.328 e. The molecule has 0 spiro atoms. The smallest absolute Gasteiger partial charge is 0.328 e. The van der Waals surface area contributed by atoms with Crippen molar-refractivity contribution in [2.24, 2.45) is 0 Å². The van der Waals surface area contributed by atoms with Crippen LogP contribution in [0.3, 0.4) is 0 Å². The number of aromatic nitrogens is 4. The predicted octanol–water partition coefficient (Wildman–Crippen LogP) is 0.720. The number of ether oxygens (including phenoxy) is 2. The first-order chi connectivity index (χ1) is 29.2. The summed E-state index contributed by atoms with van der Waals surface area (Å²) in [6.07, 6.45) is 1.64. The molecule has 18 heteroatoms. The van der Waals surface area contributed by atoms with E-state index in [4.69, 9.17) is 9.47 Å². The summed E-state index contributed by atoms with van der Waals surface area (Å²) in [5.74, 6) is -2.77. The number of carbonyl (C=O) groups excluding carboxylic acids is 3. The van der Waals surface area contributed by atoms with Gasteiger partial charge in [0.05, 0.1) is 13.2 Å². The molecular weight excluding hydrogens is 791 g/mol. The Morgan fingerprint density at radius 3 is 1.84 bits per heavy atom. The number of likely N-dealkylation sites (tertiary alicyclic amines) is 1. The maximum absolute atomic E-state index is 14.2. The second-order valence-corrected chi connectivity index (χ2v) is 14.6. The average Bonchev–Trinajstić information content (AvgIpc) is 3.68. The fraction of sp³-hybridized carbons (Fsp3) is 0.302. The Hall–Kier alpha value is -7.34. The van der Waals surface area contributed by atoms with Crippen molar-refractivity contribution in [1.29, 1.82) is 0 Å². The second kappa shape index (κ2) is 18.7. The minimum Gasteiger partial charge on any atom is -0.497 e. The van der Waals surface area contributed by atoms with Crippen molar-refractivity contribution in [3.05, 3.63) is 167 Å². The Morgan fingerprint density at radius 1 is 0.787 bits per heavy atom. The van der Waals surface area contributed by atoms with Crippen molar-refractivity contribution >= 4 is 23.7 Å². The predicted molar refractivity (Wildman–Crippen MR) is 220 cm³/mol. The minimum absolute atomic E-state index is 0.0130. The van der Waals surface area contributed by atoms with E-state index in [9.17, 15) is 43.5 Å². The van der Waals surface area contributed by atoms with Crippen molar-refractivity contribution in [1.82, 2.24) is 34.2 Å². The molecule has 3 amide bonds. The number of aromatic amines is 2. The van der Waals surface area contributed by atoms with Crippen LogP contribution < -0.4 is 32.6 Å². The summed E-state index contributed by atoms with van der Waals surface area (Å²) in [6, 6.07) is 25.2. The van der Waals surface area contributed by atoms with Crippen LogP contribution in [0, 0.1) is 13.8 Å². The number of aryl methyl sites for hydroxylation is 2. The standard InChI is InChI=1S/C43H45N7O11/c1-27-21-48(41(58)45-38(27)55)24-35(51)47(26-37(53)54)19-18-44-40(57)34-20-33(23-50(34)36(52)25-49-22-28(2)39(56)46-42(49)59)61-43(29-10-6-4-7-11-29,30-12-8-5-9-13-30)31-14-16-32(60-3)17-15-31/h4-17,21-22,33-34H,18-20,23-26H2,1-3H3,(H,44,57)(H,53,54)(H,45,55,58)(H,46,56,59)/t33-,34+/m1/s1. The fourth-order valence-corrected chi connectivity index (χ4v) is 7.37. The molecule has 4 N–H and O–H groups in total. The Kier molecular flexibility index (Phi) is 13.3. The molecule has 1 saturated heterocycles. The topological polar surface area (TPSA) is 235 Å². The zero-order valence-electron chi connectivity index (χ0n) is 33.7. The highest BCUT2D eigenvalue weighted by Gasteiger charge is 2.46. The molecule has 6 rings (SSSR count). The molecular formula is C43H45N7O11. The normalized spacial score (nSPS) is 15.0. The van der Waals surface area contributed by atoms with Crippen molar-refractivity contribution in [2.45, 2.75) is 51.1 Å². The average molecular weight is 836 g/mol. The van der Waals surface area contributed by atoms with Crippen LogP contribution in [0.5, 0.6) is 5.75 Å². The van der Waals surface area contributed by atoms with Gasteiger partial charge in [0.1, 0.15) is 37.0 Å². The monoisotopic (exact) mass is 835 g/mol. The Bertz CT molecular complexity index is 2600. The molecule has 0 aliphatic carbocycles. The first-order valence-electron chi connectivity index (χ1n) is 19.3. The number of amides is 3. The van der Waals surface area contributed by atoms with Crippen molar-refractivity contribution in [3.63, 3.8) is 0 Å². The molecule has 61 heavy (non-hydrogen) atoms. The summed E-state index contributed by atoms with van der Waals surface area (Å²) in [6.45, 7) is 0.450. The van der Waals surface area contributed by atoms with Crippen LogP contribution >= 0.6 is 0 Å². The Morgan fingerprint density at radius 2 is 1.31 bits per heavy atom. The molecule has 1 aliphatic rings. The number of benzene rings is 3. The van der Waals surface area contributed by atoms with E-state index in [1.54, 1.807) is 7.11 Å². The third-order valence-electron chi connectivity index (χ3n) is 10.4. The summed E-state index contributed by atoms with van der Waals surface area (Å²) in [5, 5.41) is 12.3. The molecule has 0 saturated carbocycles. The molecule has 2 atom stereocenters. The summed E-state index contributed by atoms with van der Waals surface area (Å²) < 4.78 is 14.6. The zero-order chi connectivity index (χ0) is 43.8. The SMILES string of the molecule is COc1ccc(C(O[C@@H]2C[C@@H](C(=O)NCCN(CC(=O)O)C(=O)Cn3cc(C)c(=O)[nH]c3=O)N(C(=O)Cn3cc(C)c(=O)[nH]c3=O)C2)(c2ccccc2)c2ccccc2)cc1. The number of hydrogen-bond acceptors (Lipinski definition) is 10. The maximum atomic E-state index is 14.2. The summed E-state index contributed by atoms with van der Waals surface area (Å²) in [5.41, 5.74) is -1.56. The van der Waals surface area contributed by atoms with Crippen molar-refractivity contribution in [2.75, 3.05) is 33.3 Å². The van der Waals surface area contributed by atoms with Crippen molar-refractivity contribution in [3.8, 4) is 5.75 Å². The molecule has 18 nitrogen and oxygen atoms in total. The van der Waals surface area contributed by atoms with E-state index < -0.39 is 83.6 Å². The summed E-state index contributed by atoms with van der Waals surface area (Å²) in [4.78, 5) is 109. The molecule has 0 unspecified atom stereocenters. The van der Waals surface area contributed by atoms with Crippen LogP contribution in [-0.2, 0) is 42.6 Å². The zero-order valence-corrected chi connectivity index (χ0v) is 33.7. The number of nitrogens with one attached hydrogen (secondary N) is 3. The van der Waals surface area contributed by atoms with Gasteiger partial charge in [0.15, 0.2) is 0 Å². The largest absolute Gasteiger partial charge is 0.497 e. The van der Waals surface area contributed by atoms with Crippen LogP contribution in [0.2, 0.25) is 0 Å². The van der Waals surface area contributed by atoms with Gasteiger partial charge < -0.3 is 29.7 Å². The van der Waals surface area contributed by atoms with E-state index in [0.29, 0.717) is 5.75 Å². The first-order valence-corrected chi connectivity index (χ1v) is 19.3. The minimum atomic E-state index is -1.35. The van der Waals surface area contributed by atoms with Crippen molar-refractivity contribution < 1.29 is 33.8 Å². The number of carboxylic acids is 1. The van der Waals surface area contributed by atoms with E-state index in [1.165, 1.54) is 31.1 Å². The molecule has 1 fully saturated rings. The number of H-pyrrole nitrogens is 2. The number of hydrogen-bond donors (Lipinski definition) is 4. The highest BCUT2D eigenvalue weighted by molar-refractivity contribution is 5.88. The summed E-state index contributed by atoms with van der Waals surface area (Å²) >= 11 is 0. The van der Waals surface area contributed by atoms with Gasteiger partial charge in [0, 0.05) is 49.6 Å². The molecule has 0 bridgehead atoms. The quantitative estimate of drug-likeness (QED) is 0.101. The molecule has 3 heterocycles. The van der Waals surface area contributed by atoms with Crippen LogP contribution in [0.15, 0.2) is 117 Å². The number of methoxy groups -OCH3 is 1. The van der Waals surface area contributed by atoms with E-state index in [2.05, 4.69) is 15.3 Å². The van der Waals surface area contributed by atoms with E-state index >= 15 is 0 Å². The van der Waals surface area contributed by atoms with Gasteiger partial charge in [-0.15, -0.1) is 0 Å². The number of nitrogens with zero attached hydrogens (tertiary/aromatic N) is 4. The van der Waals surface area contributed by atoms with Gasteiger partial charge >= 0.3 is 17.3 Å². The molecule has 1 aliphatic heterocycles. The second-order valence-electron chi connectivity index (χ2n) is 14.6. The van der Waals surface area contributed by atoms with E-state index in [-0.39, 0.29) is 37.2 Å². The Labute approximate surface area is 348 Å². The van der Waals surface area contributed by atoms with Gasteiger partial charge in [-0.2, -0.15) is 0 Å². The van der Waals surface area contributed by atoms with Crippen LogP contribution in [0.25, 0.3) is 0 Å². The van der Waals surface area contributed by atoms with Gasteiger partial charge in [-0.25, -0.2) is 9.59 Å². The van der Waals surface area contributed by atoms with Gasteiger partial charge in [0.25, 0.3) is 11.1 Å². The molecule has 5 aromatic rings. The molecule has 0 radical (unpaired) electrons. The number of aliphatic carboxylic acids is 1. The lowest BCUT2D eigenvalue weighted by Crippen LogP contribution is -2.50. The fourth-order valence-electron chi connectivity index (χ4n) is 7.37. The van der Waals surface area contributed by atoms with Crippen LogP contribution in [-0.4, -0.2) is 103 Å². The molecule has 3 aromatic carbocycles. The van der Waals surface area contributed by atoms with Gasteiger partial charge in [-0.3, -0.25) is 47.9 Å². The van der Waals surface area contributed by atoms with Gasteiger partial charge in [-0.1, -0.05) is 72.8 Å². The Balaban J connectivity index is 1.31. The first kappa shape index (κ1) is 43.2. The highest BCUT2D eigenvalue weighted by atomic mass is 16.5. The third kappa shape index (κ3) is 9.76. The van der Waals surface area contributed by atoms with E-state index in [0.717, 1.165) is 30.7 Å².